The highest BCUT2D eigenvalue weighted by Gasteiger charge is 2.34. The van der Waals surface area contributed by atoms with E-state index in [4.69, 9.17) is 4.74 Å². The van der Waals surface area contributed by atoms with Gasteiger partial charge in [-0.1, -0.05) is 30.3 Å². The van der Waals surface area contributed by atoms with Gasteiger partial charge in [0.05, 0.1) is 13.2 Å². The molecule has 2 N–H and O–H groups in total. The van der Waals surface area contributed by atoms with Crippen LogP contribution in [0.2, 0.25) is 0 Å². The van der Waals surface area contributed by atoms with Crippen LogP contribution >= 0.6 is 0 Å². The maximum Gasteiger partial charge on any atom is 0.322 e. The molecule has 2 heterocycles. The topological polar surface area (TPSA) is 57.4 Å². The molecule has 1 atom stereocenters. The number of hydrogen-bond donors (Lipinski definition) is 2. The van der Waals surface area contributed by atoms with Crippen molar-refractivity contribution < 1.29 is 13.9 Å². The van der Waals surface area contributed by atoms with E-state index in [2.05, 4.69) is 16.4 Å². The molecule has 1 unspecified atom stereocenters. The molecule has 5 rings (SSSR count). The van der Waals surface area contributed by atoms with Gasteiger partial charge in [-0.3, -0.25) is 0 Å². The molecule has 0 fully saturated rings. The first kappa shape index (κ1) is 19.2. The molecular weight excluding hydrogens is 393 g/mol. The van der Waals surface area contributed by atoms with Gasteiger partial charge >= 0.3 is 6.03 Å². The average molecular weight is 415 g/mol. The van der Waals surface area contributed by atoms with Crippen molar-refractivity contribution in [1.82, 2.24) is 9.88 Å². The van der Waals surface area contributed by atoms with Gasteiger partial charge in [-0.15, -0.1) is 0 Å². The van der Waals surface area contributed by atoms with Crippen LogP contribution in [0.3, 0.4) is 0 Å². The van der Waals surface area contributed by atoms with Gasteiger partial charge in [0.1, 0.15) is 11.6 Å². The van der Waals surface area contributed by atoms with E-state index in [0.29, 0.717) is 12.2 Å². The van der Waals surface area contributed by atoms with Crippen molar-refractivity contribution >= 4 is 22.6 Å². The second-order valence-electron chi connectivity index (χ2n) is 7.62. The SMILES string of the molecule is COc1ccc(NC(=O)N2CCc3c([nH]c4ccccc34)C2c2ccc(F)cc2)cc1. The van der Waals surface area contributed by atoms with Crippen LogP contribution in [0.4, 0.5) is 14.9 Å². The zero-order valence-corrected chi connectivity index (χ0v) is 17.1. The monoisotopic (exact) mass is 415 g/mol. The average Bonchev–Trinajstić information content (AvgIpc) is 3.18. The van der Waals surface area contributed by atoms with Gasteiger partial charge in [-0.2, -0.15) is 0 Å². The third-order valence-corrected chi connectivity index (χ3v) is 5.82. The van der Waals surface area contributed by atoms with E-state index in [0.717, 1.165) is 28.9 Å². The number of halogens is 1. The zero-order valence-electron chi connectivity index (χ0n) is 17.1. The number of H-pyrrole nitrogens is 1. The minimum absolute atomic E-state index is 0.205. The highest BCUT2D eigenvalue weighted by atomic mass is 19.1. The van der Waals surface area contributed by atoms with Crippen LogP contribution in [-0.2, 0) is 6.42 Å². The van der Waals surface area contributed by atoms with Crippen molar-refractivity contribution in [2.45, 2.75) is 12.5 Å². The maximum absolute atomic E-state index is 13.6. The highest BCUT2D eigenvalue weighted by molar-refractivity contribution is 5.91. The first-order valence-corrected chi connectivity index (χ1v) is 10.2. The summed E-state index contributed by atoms with van der Waals surface area (Å²) in [6.45, 7) is 0.554. The van der Waals surface area contributed by atoms with E-state index in [1.54, 1.807) is 36.3 Å². The van der Waals surface area contributed by atoms with E-state index in [-0.39, 0.29) is 17.9 Å². The number of aromatic amines is 1. The summed E-state index contributed by atoms with van der Waals surface area (Å²) in [5.74, 6) is 0.425. The molecule has 31 heavy (non-hydrogen) atoms. The van der Waals surface area contributed by atoms with Gasteiger partial charge in [0.2, 0.25) is 0 Å². The predicted octanol–water partition coefficient (Wildman–Crippen LogP) is 5.50. The Bertz CT molecular complexity index is 1230. The molecular formula is C25H22FN3O2. The minimum atomic E-state index is -0.338. The van der Waals surface area contributed by atoms with E-state index >= 15 is 0 Å². The molecule has 3 aromatic carbocycles. The normalized spacial score (nSPS) is 15.5. The van der Waals surface area contributed by atoms with Crippen molar-refractivity contribution in [3.63, 3.8) is 0 Å². The van der Waals surface area contributed by atoms with Crippen LogP contribution in [0.25, 0.3) is 10.9 Å². The molecule has 1 aliphatic rings. The van der Waals surface area contributed by atoms with Crippen LogP contribution < -0.4 is 10.1 Å². The van der Waals surface area contributed by atoms with Crippen molar-refractivity contribution in [3.8, 4) is 5.75 Å². The van der Waals surface area contributed by atoms with Gasteiger partial charge in [0.25, 0.3) is 0 Å². The van der Waals surface area contributed by atoms with E-state index in [1.165, 1.54) is 23.1 Å². The second kappa shape index (κ2) is 7.80. The molecule has 0 saturated heterocycles. The Morgan fingerprint density at radius 1 is 1.06 bits per heavy atom. The van der Waals surface area contributed by atoms with Crippen molar-refractivity contribution in [1.29, 1.82) is 0 Å². The van der Waals surface area contributed by atoms with Gasteiger partial charge in [0, 0.05) is 28.8 Å². The lowest BCUT2D eigenvalue weighted by Gasteiger charge is -2.36. The number of benzene rings is 3. The minimum Gasteiger partial charge on any atom is -0.497 e. The van der Waals surface area contributed by atoms with Crippen LogP contribution in [-0.4, -0.2) is 29.6 Å². The number of para-hydroxylation sites is 1. The van der Waals surface area contributed by atoms with Gasteiger partial charge in [0.15, 0.2) is 0 Å². The second-order valence-corrected chi connectivity index (χ2v) is 7.62. The number of carbonyl (C=O) groups excluding carboxylic acids is 1. The zero-order chi connectivity index (χ0) is 21.4. The fraction of sp³-hybridized carbons (Fsp3) is 0.160. The summed E-state index contributed by atoms with van der Waals surface area (Å²) >= 11 is 0. The summed E-state index contributed by atoms with van der Waals surface area (Å²) in [7, 11) is 1.60. The number of amides is 2. The number of aromatic nitrogens is 1. The van der Waals surface area contributed by atoms with Crippen molar-refractivity contribution in [2.24, 2.45) is 0 Å². The quantitative estimate of drug-likeness (QED) is 0.465. The summed E-state index contributed by atoms with van der Waals surface area (Å²) in [6.07, 6.45) is 0.743. The lowest BCUT2D eigenvalue weighted by atomic mass is 9.92. The smallest absolute Gasteiger partial charge is 0.322 e. The fourth-order valence-electron chi connectivity index (χ4n) is 4.32. The summed E-state index contributed by atoms with van der Waals surface area (Å²) in [4.78, 5) is 18.6. The number of nitrogens with one attached hydrogen (secondary N) is 2. The Kier molecular flexibility index (Phi) is 4.82. The van der Waals surface area contributed by atoms with Crippen LogP contribution in [0.15, 0.2) is 72.8 Å². The molecule has 6 heteroatoms. The predicted molar refractivity (Wildman–Crippen MR) is 119 cm³/mol. The standard InChI is InChI=1S/C25H22FN3O2/c1-31-19-12-10-18(11-13-19)27-25(30)29-15-14-21-20-4-2-3-5-22(20)28-23(21)24(29)16-6-8-17(26)9-7-16/h2-13,24,28H,14-15H2,1H3,(H,27,30). The Labute approximate surface area is 179 Å². The first-order valence-electron chi connectivity index (χ1n) is 10.2. The highest BCUT2D eigenvalue weighted by Crippen LogP contribution is 2.38. The number of nitrogens with zero attached hydrogens (tertiary/aromatic N) is 1. The molecule has 0 radical (unpaired) electrons. The first-order chi connectivity index (χ1) is 15.1. The summed E-state index contributed by atoms with van der Waals surface area (Å²) < 4.78 is 18.8. The van der Waals surface area contributed by atoms with E-state index in [1.807, 2.05) is 30.3 Å². The number of methoxy groups -OCH3 is 1. The molecule has 0 spiro atoms. The molecule has 2 amide bonds. The lowest BCUT2D eigenvalue weighted by molar-refractivity contribution is 0.193. The molecule has 4 aromatic rings. The van der Waals surface area contributed by atoms with E-state index in [9.17, 15) is 9.18 Å². The molecule has 156 valence electrons. The van der Waals surface area contributed by atoms with Crippen LogP contribution in [0.1, 0.15) is 22.9 Å². The Hall–Kier alpha value is -3.80. The lowest BCUT2D eigenvalue weighted by Crippen LogP contribution is -2.43. The van der Waals surface area contributed by atoms with Crippen molar-refractivity contribution in [2.75, 3.05) is 19.0 Å². The number of fused-ring (bicyclic) bond motifs is 3. The number of hydrogen-bond acceptors (Lipinski definition) is 2. The number of ether oxygens (including phenoxy) is 1. The van der Waals surface area contributed by atoms with Gasteiger partial charge in [-0.25, -0.2) is 9.18 Å². The van der Waals surface area contributed by atoms with Crippen LogP contribution in [0, 0.1) is 5.82 Å². The number of carbonyl (C=O) groups is 1. The molecule has 0 bridgehead atoms. The van der Waals surface area contributed by atoms with Gasteiger partial charge in [-0.05, 0) is 60.0 Å². The van der Waals surface area contributed by atoms with Crippen molar-refractivity contribution in [3.05, 3.63) is 95.4 Å². The molecule has 1 aliphatic heterocycles. The number of rotatable bonds is 3. The number of anilines is 1. The molecule has 0 aliphatic carbocycles. The third kappa shape index (κ3) is 3.50. The fourth-order valence-corrected chi connectivity index (χ4v) is 4.32. The largest absolute Gasteiger partial charge is 0.497 e. The van der Waals surface area contributed by atoms with Gasteiger partial charge < -0.3 is 19.9 Å². The summed E-state index contributed by atoms with van der Waals surface area (Å²) in [5, 5.41) is 4.15. The summed E-state index contributed by atoms with van der Waals surface area (Å²) in [5.41, 5.74) is 4.77. The van der Waals surface area contributed by atoms with E-state index < -0.39 is 0 Å². The Balaban J connectivity index is 1.53. The molecule has 1 aromatic heterocycles. The third-order valence-electron chi connectivity index (χ3n) is 5.82. The Morgan fingerprint density at radius 2 is 1.81 bits per heavy atom. The summed E-state index contributed by atoms with van der Waals surface area (Å²) in [6, 6.07) is 21.2. The maximum atomic E-state index is 13.6. The number of urea groups is 1. The molecule has 0 saturated carbocycles. The van der Waals surface area contributed by atoms with Crippen LogP contribution in [0.5, 0.6) is 5.75 Å². The molecule has 5 nitrogen and oxygen atoms in total. The Morgan fingerprint density at radius 3 is 2.55 bits per heavy atom.